The molecule has 1 aliphatic rings. The summed E-state index contributed by atoms with van der Waals surface area (Å²) >= 11 is 0. The summed E-state index contributed by atoms with van der Waals surface area (Å²) in [5.41, 5.74) is 2.66. The van der Waals surface area contributed by atoms with E-state index in [1.54, 1.807) is 11.2 Å². The summed E-state index contributed by atoms with van der Waals surface area (Å²) in [5.74, 6) is -0.420. The number of nitrogens with zero attached hydrogens (tertiary/aromatic N) is 2. The minimum absolute atomic E-state index is 0.00372. The molecule has 1 aromatic carbocycles. The van der Waals surface area contributed by atoms with Crippen LogP contribution in [0.2, 0.25) is 0 Å². The molecule has 0 aliphatic carbocycles. The van der Waals surface area contributed by atoms with Gasteiger partial charge in [-0.3, -0.25) is 9.59 Å². The molecule has 132 valence electrons. The number of carbonyl (C=O) groups excluding carboxylic acids is 2. The molecule has 1 aromatic heterocycles. The van der Waals surface area contributed by atoms with Crippen molar-refractivity contribution in [1.82, 2.24) is 20.2 Å². The van der Waals surface area contributed by atoms with Crippen molar-refractivity contribution in [2.75, 3.05) is 6.61 Å². The molecule has 1 fully saturated rings. The van der Waals surface area contributed by atoms with E-state index >= 15 is 0 Å². The number of nitrogens with one attached hydrogen (secondary N) is 2. The first-order chi connectivity index (χ1) is 12.1. The Kier molecular flexibility index (Phi) is 5.14. The molecule has 0 bridgehead atoms. The second kappa shape index (κ2) is 7.48. The van der Waals surface area contributed by atoms with Crippen LogP contribution in [0.3, 0.4) is 0 Å². The lowest BCUT2D eigenvalue weighted by atomic mass is 10.1. The van der Waals surface area contributed by atoms with Crippen LogP contribution in [0.1, 0.15) is 23.9 Å². The highest BCUT2D eigenvalue weighted by Crippen LogP contribution is 2.19. The van der Waals surface area contributed by atoms with E-state index in [1.165, 1.54) is 0 Å². The molecule has 0 radical (unpaired) electrons. The molecule has 2 atom stereocenters. The van der Waals surface area contributed by atoms with Crippen LogP contribution >= 0.6 is 0 Å². The summed E-state index contributed by atoms with van der Waals surface area (Å²) < 4.78 is 5.48. The van der Waals surface area contributed by atoms with Gasteiger partial charge >= 0.3 is 0 Å². The molecule has 0 saturated carbocycles. The Balaban J connectivity index is 1.73. The van der Waals surface area contributed by atoms with Crippen molar-refractivity contribution in [3.63, 3.8) is 0 Å². The number of aryl methyl sites for hydroxylation is 1. The van der Waals surface area contributed by atoms with E-state index < -0.39 is 6.04 Å². The van der Waals surface area contributed by atoms with Crippen LogP contribution in [0.4, 0.5) is 0 Å². The van der Waals surface area contributed by atoms with Gasteiger partial charge < -0.3 is 19.9 Å². The summed E-state index contributed by atoms with van der Waals surface area (Å²) in [6, 6.07) is 8.97. The average Bonchev–Trinajstić information content (AvgIpc) is 3.02. The predicted molar refractivity (Wildman–Crippen MR) is 91.4 cm³/mol. The predicted octanol–water partition coefficient (Wildman–Crippen LogP) is 1.15. The third-order valence-electron chi connectivity index (χ3n) is 4.40. The van der Waals surface area contributed by atoms with Gasteiger partial charge in [0.2, 0.25) is 11.8 Å². The highest BCUT2D eigenvalue weighted by atomic mass is 16.5. The van der Waals surface area contributed by atoms with Crippen molar-refractivity contribution in [3.05, 3.63) is 53.6 Å². The second-order valence-corrected chi connectivity index (χ2v) is 6.16. The number of carbonyl (C=O) groups is 2. The summed E-state index contributed by atoms with van der Waals surface area (Å²) in [4.78, 5) is 33.8. The third-order valence-corrected chi connectivity index (χ3v) is 4.40. The normalized spacial score (nSPS) is 20.6. The van der Waals surface area contributed by atoms with Crippen molar-refractivity contribution in [2.45, 2.75) is 39.1 Å². The lowest BCUT2D eigenvalue weighted by Crippen LogP contribution is -2.59. The van der Waals surface area contributed by atoms with E-state index in [4.69, 9.17) is 4.74 Å². The van der Waals surface area contributed by atoms with E-state index in [0.29, 0.717) is 13.1 Å². The SMILES string of the molecule is Cc1[nH]cnc1CNC(=O)[C@@H]1[C@@H](C)OCC(=O)N1Cc1ccccc1. The highest BCUT2D eigenvalue weighted by molar-refractivity contribution is 5.89. The van der Waals surface area contributed by atoms with E-state index in [2.05, 4.69) is 15.3 Å². The van der Waals surface area contributed by atoms with E-state index in [-0.39, 0.29) is 24.5 Å². The smallest absolute Gasteiger partial charge is 0.249 e. The molecule has 1 saturated heterocycles. The van der Waals surface area contributed by atoms with Crippen LogP contribution in [0, 0.1) is 6.92 Å². The van der Waals surface area contributed by atoms with Gasteiger partial charge in [-0.2, -0.15) is 0 Å². The van der Waals surface area contributed by atoms with Crippen molar-refractivity contribution in [2.24, 2.45) is 0 Å². The van der Waals surface area contributed by atoms with Gasteiger partial charge in [-0.15, -0.1) is 0 Å². The summed E-state index contributed by atoms with van der Waals surface area (Å²) in [6.07, 6.45) is 1.22. The lowest BCUT2D eigenvalue weighted by molar-refractivity contribution is -0.163. The number of benzene rings is 1. The van der Waals surface area contributed by atoms with Gasteiger partial charge in [0.05, 0.1) is 24.7 Å². The van der Waals surface area contributed by atoms with Gasteiger partial charge in [-0.1, -0.05) is 30.3 Å². The Bertz CT molecular complexity index is 744. The first-order valence-electron chi connectivity index (χ1n) is 8.28. The Hall–Kier alpha value is -2.67. The Morgan fingerprint density at radius 3 is 2.84 bits per heavy atom. The van der Waals surface area contributed by atoms with E-state index in [0.717, 1.165) is 17.0 Å². The molecule has 3 rings (SSSR count). The van der Waals surface area contributed by atoms with E-state index in [1.807, 2.05) is 44.2 Å². The number of H-pyrrole nitrogens is 1. The molecule has 0 spiro atoms. The van der Waals surface area contributed by atoms with Gasteiger partial charge in [0.15, 0.2) is 0 Å². The maximum absolute atomic E-state index is 12.7. The molecule has 7 heteroatoms. The Labute approximate surface area is 146 Å². The number of ether oxygens (including phenoxy) is 1. The first kappa shape index (κ1) is 17.2. The molecule has 0 unspecified atom stereocenters. The van der Waals surface area contributed by atoms with Crippen LogP contribution in [0.25, 0.3) is 0 Å². The summed E-state index contributed by atoms with van der Waals surface area (Å²) in [5, 5.41) is 2.87. The minimum Gasteiger partial charge on any atom is -0.366 e. The highest BCUT2D eigenvalue weighted by Gasteiger charge is 2.39. The first-order valence-corrected chi connectivity index (χ1v) is 8.28. The van der Waals surface area contributed by atoms with Gasteiger partial charge in [-0.25, -0.2) is 4.98 Å². The zero-order valence-corrected chi connectivity index (χ0v) is 14.4. The fraction of sp³-hybridized carbons (Fsp3) is 0.389. The number of aromatic amines is 1. The Morgan fingerprint density at radius 2 is 2.16 bits per heavy atom. The Morgan fingerprint density at radius 1 is 1.40 bits per heavy atom. The van der Waals surface area contributed by atoms with Crippen LogP contribution in [-0.4, -0.2) is 45.4 Å². The largest absolute Gasteiger partial charge is 0.366 e. The molecule has 1 aliphatic heterocycles. The van der Waals surface area contributed by atoms with Gasteiger partial charge in [-0.05, 0) is 19.4 Å². The molecule has 25 heavy (non-hydrogen) atoms. The fourth-order valence-corrected chi connectivity index (χ4v) is 2.95. The molecule has 2 amide bonds. The second-order valence-electron chi connectivity index (χ2n) is 6.16. The standard InChI is InChI=1S/C18H22N4O3/c1-12-15(21-11-20-12)8-19-18(24)17-13(2)25-10-16(23)22(17)9-14-6-4-3-5-7-14/h3-7,11,13,17H,8-10H2,1-2H3,(H,19,24)(H,20,21)/t13-,17+/m1/s1. The molecule has 7 nitrogen and oxygen atoms in total. The maximum Gasteiger partial charge on any atom is 0.249 e. The van der Waals surface area contributed by atoms with Gasteiger partial charge in [0, 0.05) is 12.2 Å². The van der Waals surface area contributed by atoms with Gasteiger partial charge in [0.1, 0.15) is 12.6 Å². The number of imidazole rings is 1. The molecular formula is C18H22N4O3. The zero-order chi connectivity index (χ0) is 17.8. The number of amides is 2. The molecular weight excluding hydrogens is 320 g/mol. The topological polar surface area (TPSA) is 87.3 Å². The quantitative estimate of drug-likeness (QED) is 0.853. The lowest BCUT2D eigenvalue weighted by Gasteiger charge is -2.38. The molecule has 2 heterocycles. The fourth-order valence-electron chi connectivity index (χ4n) is 2.95. The van der Waals surface area contributed by atoms with Crippen LogP contribution in [-0.2, 0) is 27.4 Å². The summed E-state index contributed by atoms with van der Waals surface area (Å²) in [7, 11) is 0. The van der Waals surface area contributed by atoms with Crippen molar-refractivity contribution < 1.29 is 14.3 Å². The number of rotatable bonds is 5. The van der Waals surface area contributed by atoms with Crippen LogP contribution in [0.15, 0.2) is 36.7 Å². The number of aromatic nitrogens is 2. The van der Waals surface area contributed by atoms with E-state index in [9.17, 15) is 9.59 Å². The molecule has 2 aromatic rings. The number of hydrogen-bond acceptors (Lipinski definition) is 4. The number of hydrogen-bond donors (Lipinski definition) is 2. The maximum atomic E-state index is 12.7. The monoisotopic (exact) mass is 342 g/mol. The molecule has 2 N–H and O–H groups in total. The zero-order valence-electron chi connectivity index (χ0n) is 14.4. The van der Waals surface area contributed by atoms with Crippen LogP contribution < -0.4 is 5.32 Å². The van der Waals surface area contributed by atoms with Crippen molar-refractivity contribution in [1.29, 1.82) is 0 Å². The number of morpholine rings is 1. The van der Waals surface area contributed by atoms with Crippen molar-refractivity contribution in [3.8, 4) is 0 Å². The summed E-state index contributed by atoms with van der Waals surface area (Å²) in [6.45, 7) is 4.40. The van der Waals surface area contributed by atoms with Gasteiger partial charge in [0.25, 0.3) is 0 Å². The van der Waals surface area contributed by atoms with Crippen molar-refractivity contribution >= 4 is 11.8 Å². The minimum atomic E-state index is -0.666. The van der Waals surface area contributed by atoms with Crippen LogP contribution in [0.5, 0.6) is 0 Å². The average molecular weight is 342 g/mol. The third kappa shape index (κ3) is 3.88.